The average molecular weight is 510 g/mol. The predicted molar refractivity (Wildman–Crippen MR) is 152 cm³/mol. The quantitative estimate of drug-likeness (QED) is 0.297. The fraction of sp³-hybridized carbons (Fsp3) is 0.406. The van der Waals surface area contributed by atoms with Crippen LogP contribution in [0.3, 0.4) is 0 Å². The largest absolute Gasteiger partial charge is 0.489 e. The molecule has 5 rings (SSSR count). The van der Waals surface area contributed by atoms with Crippen LogP contribution in [-0.4, -0.2) is 38.2 Å². The molecular formula is C32H39N5O. The van der Waals surface area contributed by atoms with Gasteiger partial charge in [0.2, 0.25) is 0 Å². The van der Waals surface area contributed by atoms with Gasteiger partial charge in [0.05, 0.1) is 5.54 Å². The van der Waals surface area contributed by atoms with Gasteiger partial charge in [-0.05, 0) is 59.4 Å². The number of nitrogens with zero attached hydrogens (tertiary/aromatic N) is 5. The van der Waals surface area contributed by atoms with Gasteiger partial charge in [0, 0.05) is 18.7 Å². The fourth-order valence-corrected chi connectivity index (χ4v) is 6.00. The Morgan fingerprint density at radius 3 is 2.39 bits per heavy atom. The van der Waals surface area contributed by atoms with Crippen LogP contribution in [0.5, 0.6) is 5.75 Å². The van der Waals surface area contributed by atoms with Crippen LogP contribution in [0, 0.1) is 0 Å². The Labute approximate surface area is 226 Å². The molecule has 1 aliphatic heterocycles. The maximum Gasteiger partial charge on any atom is 0.173 e. The molecule has 1 aliphatic carbocycles. The van der Waals surface area contributed by atoms with Crippen molar-refractivity contribution in [1.29, 1.82) is 0 Å². The molecule has 0 N–H and O–H groups in total. The highest BCUT2D eigenvalue weighted by molar-refractivity contribution is 5.41. The molecule has 6 heteroatoms. The minimum Gasteiger partial charge on any atom is -0.489 e. The van der Waals surface area contributed by atoms with Crippen molar-refractivity contribution >= 4 is 0 Å². The molecular weight excluding hydrogens is 470 g/mol. The Hall–Kier alpha value is -3.51. The van der Waals surface area contributed by atoms with E-state index in [4.69, 9.17) is 9.84 Å². The zero-order valence-corrected chi connectivity index (χ0v) is 22.6. The molecule has 1 fully saturated rings. The first-order valence-electron chi connectivity index (χ1n) is 13.9. The first-order valence-corrected chi connectivity index (χ1v) is 13.9. The molecule has 2 aromatic carbocycles. The number of ether oxygens (including phenoxy) is 1. The molecule has 6 nitrogen and oxygen atoms in total. The van der Waals surface area contributed by atoms with Gasteiger partial charge in [-0.15, -0.1) is 5.10 Å². The molecule has 38 heavy (non-hydrogen) atoms. The molecule has 1 unspecified atom stereocenters. The van der Waals surface area contributed by atoms with Crippen LogP contribution < -0.4 is 4.74 Å². The summed E-state index contributed by atoms with van der Waals surface area (Å²) >= 11 is 0. The number of rotatable bonds is 9. The zero-order chi connectivity index (χ0) is 26.4. The summed E-state index contributed by atoms with van der Waals surface area (Å²) in [6.45, 7) is 12.6. The van der Waals surface area contributed by atoms with E-state index in [0.29, 0.717) is 6.61 Å². The van der Waals surface area contributed by atoms with E-state index in [-0.39, 0.29) is 11.6 Å². The lowest BCUT2D eigenvalue weighted by Gasteiger charge is -2.38. The van der Waals surface area contributed by atoms with Gasteiger partial charge in [0.1, 0.15) is 18.4 Å². The van der Waals surface area contributed by atoms with Crippen LogP contribution in [0.15, 0.2) is 91.1 Å². The van der Waals surface area contributed by atoms with Crippen LogP contribution in [-0.2, 0) is 12.1 Å². The Bertz CT molecular complexity index is 1270. The third-order valence-electron chi connectivity index (χ3n) is 8.19. The zero-order valence-electron chi connectivity index (χ0n) is 22.6. The van der Waals surface area contributed by atoms with Crippen LogP contribution in [0.4, 0.5) is 0 Å². The van der Waals surface area contributed by atoms with Crippen LogP contribution in [0.2, 0.25) is 0 Å². The molecule has 0 radical (unpaired) electrons. The van der Waals surface area contributed by atoms with Crippen molar-refractivity contribution in [1.82, 2.24) is 25.1 Å². The standard InChI is InChI=1S/C32H39N5O/c1-4-26-19-22-36(23-27(26)5-2)30(31-33-34-35-37(31)32(3)20-13-6-7-14-21-32)28-17-11-12-18-29(28)38-24-25-15-9-8-10-16-25/h4-5,8-12,15-18,30H,1-2,6-7,13-14,19-24H2,3H3. The maximum absolute atomic E-state index is 6.47. The number of aromatic nitrogens is 4. The van der Waals surface area contributed by atoms with Crippen molar-refractivity contribution in [2.75, 3.05) is 13.1 Å². The van der Waals surface area contributed by atoms with Crippen molar-refractivity contribution in [2.45, 2.75) is 70.1 Å². The molecule has 0 bridgehead atoms. The monoisotopic (exact) mass is 509 g/mol. The fourth-order valence-electron chi connectivity index (χ4n) is 6.00. The molecule has 0 spiro atoms. The highest BCUT2D eigenvalue weighted by atomic mass is 16.5. The highest BCUT2D eigenvalue weighted by Gasteiger charge is 2.38. The minimum atomic E-state index is -0.154. The summed E-state index contributed by atoms with van der Waals surface area (Å²) in [6.07, 6.45) is 12.0. The second-order valence-corrected chi connectivity index (χ2v) is 10.8. The number of hydrogen-bond donors (Lipinski definition) is 0. The average Bonchev–Trinajstić information content (AvgIpc) is 3.34. The normalized spacial score (nSPS) is 19.0. The van der Waals surface area contributed by atoms with Crippen molar-refractivity contribution in [3.8, 4) is 5.75 Å². The molecule has 2 heterocycles. The number of benzene rings is 2. The Balaban J connectivity index is 1.57. The highest BCUT2D eigenvalue weighted by Crippen LogP contribution is 2.40. The van der Waals surface area contributed by atoms with E-state index in [1.54, 1.807) is 0 Å². The number of hydrogen-bond acceptors (Lipinski definition) is 5. The smallest absolute Gasteiger partial charge is 0.173 e. The summed E-state index contributed by atoms with van der Waals surface area (Å²) in [5.41, 5.74) is 4.59. The van der Waals surface area contributed by atoms with Crippen molar-refractivity contribution < 1.29 is 4.74 Å². The van der Waals surface area contributed by atoms with E-state index in [2.05, 4.69) is 70.4 Å². The molecule has 2 aliphatic rings. The third kappa shape index (κ3) is 5.51. The molecule has 0 saturated heterocycles. The molecule has 1 atom stereocenters. The number of allylic oxidation sites excluding steroid dienone is 1. The number of tetrazole rings is 1. The summed E-state index contributed by atoms with van der Waals surface area (Å²) < 4.78 is 8.60. The lowest BCUT2D eigenvalue weighted by molar-refractivity contribution is 0.185. The number of para-hydroxylation sites is 1. The van der Waals surface area contributed by atoms with E-state index < -0.39 is 0 Å². The lowest BCUT2D eigenvalue weighted by atomic mass is 9.91. The minimum absolute atomic E-state index is 0.105. The second-order valence-electron chi connectivity index (χ2n) is 10.8. The summed E-state index contributed by atoms with van der Waals surface area (Å²) in [6, 6.07) is 18.5. The van der Waals surface area contributed by atoms with E-state index in [9.17, 15) is 0 Å². The predicted octanol–water partition coefficient (Wildman–Crippen LogP) is 6.79. The summed E-state index contributed by atoms with van der Waals surface area (Å²) in [4.78, 5) is 2.47. The molecule has 198 valence electrons. The van der Waals surface area contributed by atoms with Gasteiger partial charge in [-0.25, -0.2) is 4.68 Å². The van der Waals surface area contributed by atoms with Gasteiger partial charge in [-0.1, -0.05) is 99.5 Å². The van der Waals surface area contributed by atoms with E-state index in [0.717, 1.165) is 55.1 Å². The second kappa shape index (κ2) is 11.9. The maximum atomic E-state index is 6.47. The summed E-state index contributed by atoms with van der Waals surface area (Å²) in [7, 11) is 0. The SMILES string of the molecule is C=CC1=C(C=C)CN(C(c2ccccc2OCc2ccccc2)c2nnnn2C2(C)CCCCCC2)CC1. The topological polar surface area (TPSA) is 56.1 Å². The Kier molecular flexibility index (Phi) is 8.18. The Morgan fingerprint density at radius 1 is 0.947 bits per heavy atom. The summed E-state index contributed by atoms with van der Waals surface area (Å²) in [5, 5.41) is 13.6. The first-order chi connectivity index (χ1) is 18.6. The Morgan fingerprint density at radius 2 is 1.66 bits per heavy atom. The van der Waals surface area contributed by atoms with Crippen LogP contribution >= 0.6 is 0 Å². The van der Waals surface area contributed by atoms with E-state index in [1.807, 2.05) is 36.4 Å². The van der Waals surface area contributed by atoms with E-state index >= 15 is 0 Å². The van der Waals surface area contributed by atoms with Gasteiger partial charge in [-0.2, -0.15) is 0 Å². The van der Waals surface area contributed by atoms with Crippen molar-refractivity contribution in [3.05, 3.63) is 108 Å². The molecule has 3 aromatic rings. The lowest BCUT2D eigenvalue weighted by Crippen LogP contribution is -2.40. The van der Waals surface area contributed by atoms with Gasteiger partial charge >= 0.3 is 0 Å². The van der Waals surface area contributed by atoms with Crippen molar-refractivity contribution in [2.24, 2.45) is 0 Å². The molecule has 1 saturated carbocycles. The first kappa shape index (κ1) is 26.1. The van der Waals surface area contributed by atoms with Gasteiger partial charge < -0.3 is 4.74 Å². The third-order valence-corrected chi connectivity index (χ3v) is 8.19. The molecule has 0 amide bonds. The van der Waals surface area contributed by atoms with Crippen molar-refractivity contribution in [3.63, 3.8) is 0 Å². The van der Waals surface area contributed by atoms with Crippen LogP contribution in [0.25, 0.3) is 0 Å². The van der Waals surface area contributed by atoms with Crippen LogP contribution in [0.1, 0.15) is 74.9 Å². The van der Waals surface area contributed by atoms with Gasteiger partial charge in [-0.3, -0.25) is 4.90 Å². The van der Waals surface area contributed by atoms with Gasteiger partial charge in [0.15, 0.2) is 5.82 Å². The molecule has 1 aromatic heterocycles. The van der Waals surface area contributed by atoms with Gasteiger partial charge in [0.25, 0.3) is 0 Å². The van der Waals surface area contributed by atoms with E-state index in [1.165, 1.54) is 36.8 Å². The summed E-state index contributed by atoms with van der Waals surface area (Å²) in [5.74, 6) is 1.75.